The van der Waals surface area contributed by atoms with E-state index in [4.69, 9.17) is 9.16 Å². The summed E-state index contributed by atoms with van der Waals surface area (Å²) in [5.74, 6) is -0.163. The van der Waals surface area contributed by atoms with E-state index in [1.165, 1.54) is 0 Å². The molecule has 0 radical (unpaired) electrons. The molecule has 1 aliphatic heterocycles. The van der Waals surface area contributed by atoms with Gasteiger partial charge in [-0.25, -0.2) is 0 Å². The molecule has 1 heterocycles. The van der Waals surface area contributed by atoms with Crippen LogP contribution in [0.15, 0.2) is 30.3 Å². The van der Waals surface area contributed by atoms with Gasteiger partial charge in [0.25, 0.3) is 0 Å². The molecule has 3 rings (SSSR count). The van der Waals surface area contributed by atoms with Gasteiger partial charge in [-0.05, 0) is 49.4 Å². The van der Waals surface area contributed by atoms with E-state index >= 15 is 0 Å². The molecule has 1 aliphatic carbocycles. The van der Waals surface area contributed by atoms with E-state index in [9.17, 15) is 9.59 Å². The van der Waals surface area contributed by atoms with Gasteiger partial charge in [0.05, 0.1) is 11.5 Å². The fourth-order valence-electron chi connectivity index (χ4n) is 4.91. The number of carbonyl (C=O) groups excluding carboxylic acids is 2. The van der Waals surface area contributed by atoms with Gasteiger partial charge in [-0.2, -0.15) is 0 Å². The minimum Gasteiger partial charge on any atom is -0.460 e. The second-order valence-corrected chi connectivity index (χ2v) is 13.3. The third-order valence-corrected chi connectivity index (χ3v) is 11.8. The van der Waals surface area contributed by atoms with Crippen molar-refractivity contribution in [1.29, 1.82) is 0 Å². The molecule has 6 heteroatoms. The van der Waals surface area contributed by atoms with Gasteiger partial charge >= 0.3 is 5.97 Å². The van der Waals surface area contributed by atoms with Crippen molar-refractivity contribution in [2.24, 2.45) is 5.41 Å². The Morgan fingerprint density at radius 2 is 1.83 bits per heavy atom. The SMILES string of the molecule is CC[Si](CC)(CC)OC1CCCC(C(=O)OCc2ccccc2)(C2CC(=O)N2)C1. The zero-order valence-corrected chi connectivity index (χ0v) is 19.0. The Bertz CT molecular complexity index is 690. The first-order valence-electron chi connectivity index (χ1n) is 11.1. The Hall–Kier alpha value is -1.66. The molecule has 1 aromatic carbocycles. The van der Waals surface area contributed by atoms with Gasteiger partial charge in [-0.3, -0.25) is 9.59 Å². The quantitative estimate of drug-likeness (QED) is 0.363. The van der Waals surface area contributed by atoms with Crippen LogP contribution in [0.25, 0.3) is 0 Å². The summed E-state index contributed by atoms with van der Waals surface area (Å²) in [7, 11) is -1.75. The van der Waals surface area contributed by atoms with Crippen molar-refractivity contribution in [2.75, 3.05) is 0 Å². The van der Waals surface area contributed by atoms with Gasteiger partial charge < -0.3 is 14.5 Å². The fourth-order valence-corrected chi connectivity index (χ4v) is 7.82. The third-order valence-electron chi connectivity index (χ3n) is 7.10. The number of carbonyl (C=O) groups is 2. The van der Waals surface area contributed by atoms with Gasteiger partial charge in [0.15, 0.2) is 8.32 Å². The molecule has 0 spiro atoms. The van der Waals surface area contributed by atoms with Crippen LogP contribution in [0, 0.1) is 5.41 Å². The van der Waals surface area contributed by atoms with Crippen LogP contribution in [-0.2, 0) is 25.4 Å². The molecular formula is C23H35NO4Si. The summed E-state index contributed by atoms with van der Waals surface area (Å²) in [6.45, 7) is 6.96. The van der Waals surface area contributed by atoms with Crippen LogP contribution in [0.3, 0.4) is 0 Å². The summed E-state index contributed by atoms with van der Waals surface area (Å²) in [6.07, 6.45) is 3.81. The highest BCUT2D eigenvalue weighted by Crippen LogP contribution is 2.46. The normalized spacial score (nSPS) is 27.1. The average molecular weight is 418 g/mol. The summed E-state index contributed by atoms with van der Waals surface area (Å²) in [5.41, 5.74) is 0.313. The second kappa shape index (κ2) is 9.43. The summed E-state index contributed by atoms with van der Waals surface area (Å²) in [4.78, 5) is 25.0. The molecule has 1 aromatic rings. The first-order valence-corrected chi connectivity index (χ1v) is 13.7. The zero-order valence-electron chi connectivity index (χ0n) is 18.0. The molecule has 3 unspecified atom stereocenters. The fraction of sp³-hybridized carbons (Fsp3) is 0.652. The molecule has 160 valence electrons. The number of β-lactam (4-membered cyclic amide) rings is 1. The highest BCUT2D eigenvalue weighted by Gasteiger charge is 2.54. The maximum atomic E-state index is 13.3. The van der Waals surface area contributed by atoms with E-state index in [0.717, 1.165) is 43.0 Å². The first-order chi connectivity index (χ1) is 14.0. The monoisotopic (exact) mass is 417 g/mol. The lowest BCUT2D eigenvalue weighted by Crippen LogP contribution is -2.63. The molecule has 1 amide bonds. The summed E-state index contributed by atoms with van der Waals surface area (Å²) >= 11 is 0. The maximum absolute atomic E-state index is 13.3. The number of hydrogen-bond acceptors (Lipinski definition) is 4. The van der Waals surface area contributed by atoms with E-state index < -0.39 is 13.7 Å². The lowest BCUT2D eigenvalue weighted by atomic mass is 9.65. The summed E-state index contributed by atoms with van der Waals surface area (Å²) in [6, 6.07) is 12.9. The second-order valence-electron chi connectivity index (χ2n) is 8.62. The number of ether oxygens (including phenoxy) is 1. The predicted octanol–water partition coefficient (Wildman–Crippen LogP) is 4.57. The van der Waals surface area contributed by atoms with E-state index in [2.05, 4.69) is 26.1 Å². The number of rotatable bonds is 9. The molecular weight excluding hydrogens is 382 g/mol. The number of nitrogens with one attached hydrogen (secondary N) is 1. The number of esters is 1. The van der Waals surface area contributed by atoms with Gasteiger partial charge in [0.1, 0.15) is 6.61 Å². The molecule has 2 aliphatic rings. The van der Waals surface area contributed by atoms with Crippen LogP contribution in [0.1, 0.15) is 58.4 Å². The van der Waals surface area contributed by atoms with Crippen LogP contribution in [0.2, 0.25) is 18.1 Å². The Balaban J connectivity index is 1.75. The molecule has 29 heavy (non-hydrogen) atoms. The summed E-state index contributed by atoms with van der Waals surface area (Å²) in [5, 5.41) is 2.97. The molecule has 2 fully saturated rings. The zero-order chi connectivity index (χ0) is 20.9. The van der Waals surface area contributed by atoms with E-state index in [-0.39, 0.29) is 30.6 Å². The van der Waals surface area contributed by atoms with E-state index in [1.807, 2.05) is 30.3 Å². The lowest BCUT2D eigenvalue weighted by molar-refractivity contribution is -0.168. The highest BCUT2D eigenvalue weighted by molar-refractivity contribution is 6.73. The van der Waals surface area contributed by atoms with E-state index in [1.54, 1.807) is 0 Å². The van der Waals surface area contributed by atoms with Gasteiger partial charge in [0.2, 0.25) is 5.91 Å². The Labute approximate surface area is 175 Å². The molecule has 0 aromatic heterocycles. The molecule has 1 saturated carbocycles. The Morgan fingerprint density at radius 3 is 2.41 bits per heavy atom. The molecule has 5 nitrogen and oxygen atoms in total. The molecule has 1 saturated heterocycles. The maximum Gasteiger partial charge on any atom is 0.314 e. The van der Waals surface area contributed by atoms with Gasteiger partial charge in [-0.15, -0.1) is 0 Å². The largest absolute Gasteiger partial charge is 0.460 e. The van der Waals surface area contributed by atoms with Crippen molar-refractivity contribution in [3.63, 3.8) is 0 Å². The van der Waals surface area contributed by atoms with Crippen LogP contribution >= 0.6 is 0 Å². The predicted molar refractivity (Wildman–Crippen MR) is 116 cm³/mol. The van der Waals surface area contributed by atoms with Gasteiger partial charge in [0, 0.05) is 12.5 Å². The Morgan fingerprint density at radius 1 is 1.17 bits per heavy atom. The molecule has 3 atom stereocenters. The van der Waals surface area contributed by atoms with Crippen molar-refractivity contribution in [1.82, 2.24) is 5.32 Å². The number of benzene rings is 1. The molecule has 1 N–H and O–H groups in total. The van der Waals surface area contributed by atoms with Gasteiger partial charge in [-0.1, -0.05) is 51.1 Å². The minimum absolute atomic E-state index is 0.0210. The minimum atomic E-state index is -1.75. The van der Waals surface area contributed by atoms with Crippen LogP contribution in [-0.4, -0.2) is 32.3 Å². The first kappa shape index (κ1) is 22.0. The van der Waals surface area contributed by atoms with Crippen LogP contribution in [0.5, 0.6) is 0 Å². The molecule has 0 bridgehead atoms. The highest BCUT2D eigenvalue weighted by atomic mass is 28.4. The Kier molecular flexibility index (Phi) is 7.17. The van der Waals surface area contributed by atoms with Crippen molar-refractivity contribution in [2.45, 2.75) is 89.8 Å². The lowest BCUT2D eigenvalue weighted by Gasteiger charge is -2.48. The van der Waals surface area contributed by atoms with E-state index in [0.29, 0.717) is 12.8 Å². The van der Waals surface area contributed by atoms with Crippen molar-refractivity contribution in [3.05, 3.63) is 35.9 Å². The number of amides is 1. The standard InChI is InChI=1S/C23H35NO4Si/c1-4-29(5-2,6-3)28-19-13-10-14-23(16-19,20-15-21(25)24-20)22(26)27-17-18-11-8-7-9-12-18/h7-9,11-12,19-20H,4-6,10,13-17H2,1-3H3,(H,24,25). The van der Waals surface area contributed by atoms with Crippen molar-refractivity contribution < 1.29 is 18.8 Å². The summed E-state index contributed by atoms with van der Waals surface area (Å²) < 4.78 is 12.5. The third kappa shape index (κ3) is 4.74. The topological polar surface area (TPSA) is 64.6 Å². The smallest absolute Gasteiger partial charge is 0.314 e. The van der Waals surface area contributed by atoms with Crippen molar-refractivity contribution >= 4 is 20.2 Å². The number of hydrogen-bond donors (Lipinski definition) is 1. The average Bonchev–Trinajstić information content (AvgIpc) is 2.74. The van der Waals surface area contributed by atoms with Crippen LogP contribution < -0.4 is 5.32 Å². The van der Waals surface area contributed by atoms with Crippen molar-refractivity contribution in [3.8, 4) is 0 Å². The van der Waals surface area contributed by atoms with Crippen LogP contribution in [0.4, 0.5) is 0 Å².